The second kappa shape index (κ2) is 5.21. The molecule has 0 amide bonds. The van der Waals surface area contributed by atoms with E-state index in [1.807, 2.05) is 13.1 Å². The van der Waals surface area contributed by atoms with Gasteiger partial charge in [0.05, 0.1) is 0 Å². The molecule has 1 aromatic heterocycles. The van der Waals surface area contributed by atoms with Crippen LogP contribution in [-0.4, -0.2) is 4.98 Å². The fourth-order valence-corrected chi connectivity index (χ4v) is 2.05. The summed E-state index contributed by atoms with van der Waals surface area (Å²) < 4.78 is 0. The first-order valence-electron chi connectivity index (χ1n) is 6.37. The van der Waals surface area contributed by atoms with Crippen molar-refractivity contribution in [3.63, 3.8) is 0 Å². The van der Waals surface area contributed by atoms with Gasteiger partial charge in [0.25, 0.3) is 0 Å². The van der Waals surface area contributed by atoms with Crippen LogP contribution in [0.4, 0.5) is 5.82 Å². The lowest BCUT2D eigenvalue weighted by molar-refractivity contribution is 0.647. The van der Waals surface area contributed by atoms with Gasteiger partial charge in [-0.1, -0.05) is 38.1 Å². The molecule has 0 aliphatic heterocycles. The molecule has 94 valence electrons. The van der Waals surface area contributed by atoms with Crippen LogP contribution in [0.5, 0.6) is 0 Å². The molecule has 18 heavy (non-hydrogen) atoms. The lowest BCUT2D eigenvalue weighted by Crippen LogP contribution is -1.95. The molecule has 0 saturated heterocycles. The second-order valence-corrected chi connectivity index (χ2v) is 5.22. The maximum atomic E-state index is 5.73. The van der Waals surface area contributed by atoms with Gasteiger partial charge >= 0.3 is 0 Å². The number of aromatic nitrogens is 1. The largest absolute Gasteiger partial charge is 0.383 e. The van der Waals surface area contributed by atoms with Crippen molar-refractivity contribution in [1.82, 2.24) is 4.98 Å². The van der Waals surface area contributed by atoms with Gasteiger partial charge < -0.3 is 5.73 Å². The topological polar surface area (TPSA) is 38.9 Å². The molecule has 0 unspecified atom stereocenters. The summed E-state index contributed by atoms with van der Waals surface area (Å²) in [7, 11) is 0. The van der Waals surface area contributed by atoms with E-state index in [9.17, 15) is 0 Å². The first-order valence-corrected chi connectivity index (χ1v) is 6.37. The fraction of sp³-hybridized carbons (Fsp3) is 0.312. The van der Waals surface area contributed by atoms with Crippen molar-refractivity contribution in [2.75, 3.05) is 5.73 Å². The summed E-state index contributed by atoms with van der Waals surface area (Å²) in [6.45, 7) is 6.46. The van der Waals surface area contributed by atoms with Crippen LogP contribution in [0.25, 0.3) is 11.1 Å². The van der Waals surface area contributed by atoms with Crippen molar-refractivity contribution in [3.8, 4) is 11.1 Å². The highest BCUT2D eigenvalue weighted by Crippen LogP contribution is 2.22. The van der Waals surface area contributed by atoms with Gasteiger partial charge in [-0.2, -0.15) is 0 Å². The number of nitrogen functional groups attached to an aromatic ring is 1. The highest BCUT2D eigenvalue weighted by atomic mass is 14.8. The Balaban J connectivity index is 2.25. The number of rotatable bonds is 3. The molecule has 1 aromatic carbocycles. The average molecular weight is 240 g/mol. The zero-order valence-corrected chi connectivity index (χ0v) is 11.3. The molecule has 0 atom stereocenters. The first kappa shape index (κ1) is 12.6. The van der Waals surface area contributed by atoms with E-state index in [1.165, 1.54) is 11.1 Å². The van der Waals surface area contributed by atoms with Crippen molar-refractivity contribution in [3.05, 3.63) is 47.7 Å². The monoisotopic (exact) mass is 240 g/mol. The van der Waals surface area contributed by atoms with E-state index < -0.39 is 0 Å². The van der Waals surface area contributed by atoms with E-state index in [0.29, 0.717) is 11.7 Å². The highest BCUT2D eigenvalue weighted by Gasteiger charge is 2.02. The summed E-state index contributed by atoms with van der Waals surface area (Å²) in [5.41, 5.74) is 10.5. The molecule has 2 nitrogen and oxygen atoms in total. The molecule has 0 aliphatic rings. The van der Waals surface area contributed by atoms with Crippen LogP contribution < -0.4 is 5.73 Å². The van der Waals surface area contributed by atoms with E-state index in [2.05, 4.69) is 49.2 Å². The van der Waals surface area contributed by atoms with Crippen LogP contribution in [0.3, 0.4) is 0 Å². The van der Waals surface area contributed by atoms with Crippen molar-refractivity contribution in [2.45, 2.75) is 27.2 Å². The van der Waals surface area contributed by atoms with Crippen molar-refractivity contribution in [2.24, 2.45) is 5.92 Å². The SMILES string of the molecule is Cc1cc(-c2ccc(CC(C)C)cc2)cnc1N. The smallest absolute Gasteiger partial charge is 0.126 e. The Hall–Kier alpha value is -1.83. The van der Waals surface area contributed by atoms with Crippen molar-refractivity contribution >= 4 is 5.82 Å². The summed E-state index contributed by atoms with van der Waals surface area (Å²) in [5, 5.41) is 0. The minimum absolute atomic E-state index is 0.607. The maximum absolute atomic E-state index is 5.73. The van der Waals surface area contributed by atoms with Gasteiger partial charge in [-0.15, -0.1) is 0 Å². The summed E-state index contributed by atoms with van der Waals surface area (Å²) >= 11 is 0. The standard InChI is InChI=1S/C16H20N2/c1-11(2)8-13-4-6-14(7-5-13)15-9-12(3)16(17)18-10-15/h4-7,9-11H,8H2,1-3H3,(H2,17,18). The molecular weight excluding hydrogens is 220 g/mol. The van der Waals surface area contributed by atoms with Gasteiger partial charge in [-0.05, 0) is 42.0 Å². The number of hydrogen-bond donors (Lipinski definition) is 1. The third-order valence-electron chi connectivity index (χ3n) is 3.05. The number of pyridine rings is 1. The third kappa shape index (κ3) is 2.89. The molecule has 0 spiro atoms. The van der Waals surface area contributed by atoms with Crippen molar-refractivity contribution < 1.29 is 0 Å². The van der Waals surface area contributed by atoms with Crippen molar-refractivity contribution in [1.29, 1.82) is 0 Å². The Morgan fingerprint density at radius 3 is 2.33 bits per heavy atom. The lowest BCUT2D eigenvalue weighted by atomic mass is 9.99. The van der Waals surface area contributed by atoms with E-state index in [-0.39, 0.29) is 0 Å². The van der Waals surface area contributed by atoms with Crippen LogP contribution in [0.15, 0.2) is 36.5 Å². The predicted molar refractivity (Wildman–Crippen MR) is 77.4 cm³/mol. The Morgan fingerprint density at radius 1 is 1.11 bits per heavy atom. The van der Waals surface area contributed by atoms with E-state index in [1.54, 1.807) is 0 Å². The van der Waals surface area contributed by atoms with Crippen LogP contribution >= 0.6 is 0 Å². The lowest BCUT2D eigenvalue weighted by Gasteiger charge is -2.07. The molecule has 0 fully saturated rings. The highest BCUT2D eigenvalue weighted by molar-refractivity contribution is 5.65. The number of benzene rings is 1. The molecule has 2 N–H and O–H groups in total. The molecule has 2 heteroatoms. The zero-order valence-electron chi connectivity index (χ0n) is 11.3. The molecule has 0 radical (unpaired) electrons. The molecule has 0 aliphatic carbocycles. The molecule has 2 aromatic rings. The fourth-order valence-electron chi connectivity index (χ4n) is 2.05. The van der Waals surface area contributed by atoms with E-state index >= 15 is 0 Å². The number of hydrogen-bond acceptors (Lipinski definition) is 2. The number of aryl methyl sites for hydroxylation is 1. The molecular formula is C16H20N2. The van der Waals surface area contributed by atoms with Crippen LogP contribution in [0.1, 0.15) is 25.0 Å². The minimum atomic E-state index is 0.607. The van der Waals surface area contributed by atoms with Gasteiger partial charge in [-0.25, -0.2) is 4.98 Å². The Labute approximate surface area is 109 Å². The molecule has 1 heterocycles. The zero-order chi connectivity index (χ0) is 13.1. The summed E-state index contributed by atoms with van der Waals surface area (Å²) in [4.78, 5) is 4.20. The first-order chi connectivity index (χ1) is 8.56. The number of nitrogens with two attached hydrogens (primary N) is 1. The molecule has 2 rings (SSSR count). The third-order valence-corrected chi connectivity index (χ3v) is 3.05. The van der Waals surface area contributed by atoms with Crippen LogP contribution in [-0.2, 0) is 6.42 Å². The molecule has 0 bridgehead atoms. The molecule has 0 saturated carbocycles. The Bertz CT molecular complexity index is 527. The summed E-state index contributed by atoms with van der Waals surface area (Å²) in [6, 6.07) is 10.8. The quantitative estimate of drug-likeness (QED) is 0.885. The van der Waals surface area contributed by atoms with Crippen LogP contribution in [0, 0.1) is 12.8 Å². The minimum Gasteiger partial charge on any atom is -0.383 e. The van der Waals surface area contributed by atoms with Gasteiger partial charge in [0.1, 0.15) is 5.82 Å². The maximum Gasteiger partial charge on any atom is 0.126 e. The van der Waals surface area contributed by atoms with Gasteiger partial charge in [-0.3, -0.25) is 0 Å². The Kier molecular flexibility index (Phi) is 3.66. The van der Waals surface area contributed by atoms with Gasteiger partial charge in [0.15, 0.2) is 0 Å². The predicted octanol–water partition coefficient (Wildman–Crippen LogP) is 3.84. The van der Waals surface area contributed by atoms with E-state index in [0.717, 1.165) is 17.5 Å². The normalized spacial score (nSPS) is 10.9. The number of anilines is 1. The van der Waals surface area contributed by atoms with Gasteiger partial charge in [0.2, 0.25) is 0 Å². The summed E-state index contributed by atoms with van der Waals surface area (Å²) in [6.07, 6.45) is 2.96. The van der Waals surface area contributed by atoms with Crippen LogP contribution in [0.2, 0.25) is 0 Å². The Morgan fingerprint density at radius 2 is 1.78 bits per heavy atom. The summed E-state index contributed by atoms with van der Waals surface area (Å²) in [5.74, 6) is 1.30. The average Bonchev–Trinajstić information content (AvgIpc) is 2.33. The number of nitrogens with zero attached hydrogens (tertiary/aromatic N) is 1. The second-order valence-electron chi connectivity index (χ2n) is 5.22. The van der Waals surface area contributed by atoms with Gasteiger partial charge in [0, 0.05) is 11.8 Å². The van der Waals surface area contributed by atoms with E-state index in [4.69, 9.17) is 5.73 Å².